The van der Waals surface area contributed by atoms with Crippen molar-refractivity contribution in [2.24, 2.45) is 0 Å². The van der Waals surface area contributed by atoms with Crippen LogP contribution in [0.4, 0.5) is 5.13 Å². The maximum Gasteiger partial charge on any atom is 0.227 e. The Morgan fingerprint density at radius 3 is 2.95 bits per heavy atom. The van der Waals surface area contributed by atoms with Crippen LogP contribution in [0, 0.1) is 6.92 Å². The second kappa shape index (κ2) is 7.07. The fourth-order valence-corrected chi connectivity index (χ4v) is 2.90. The lowest BCUT2D eigenvalue weighted by Gasteiger charge is -2.02. The van der Waals surface area contributed by atoms with Gasteiger partial charge in [0.05, 0.1) is 0 Å². The lowest BCUT2D eigenvalue weighted by molar-refractivity contribution is -0.115. The van der Waals surface area contributed by atoms with Crippen molar-refractivity contribution in [3.63, 3.8) is 0 Å². The van der Waals surface area contributed by atoms with E-state index < -0.39 is 0 Å². The number of hydrogen-bond acceptors (Lipinski definition) is 3. The molecule has 0 unspecified atom stereocenters. The third-order valence-corrected chi connectivity index (χ3v) is 4.25. The number of benzene rings is 1. The molecule has 2 aromatic rings. The van der Waals surface area contributed by atoms with Crippen LogP contribution in [0.3, 0.4) is 0 Å². The van der Waals surface area contributed by atoms with E-state index in [1.165, 1.54) is 11.3 Å². The maximum atomic E-state index is 11.4. The average molecular weight is 329 g/mol. The monoisotopic (exact) mass is 328 g/mol. The van der Waals surface area contributed by atoms with E-state index in [9.17, 15) is 4.79 Å². The molecule has 1 heterocycles. The molecule has 0 aliphatic heterocycles. The number of thiazole rings is 1. The van der Waals surface area contributed by atoms with Gasteiger partial charge in [0.2, 0.25) is 5.91 Å². The van der Waals surface area contributed by atoms with E-state index in [0.29, 0.717) is 17.4 Å². The van der Waals surface area contributed by atoms with E-state index in [2.05, 4.69) is 10.3 Å². The van der Waals surface area contributed by atoms with E-state index >= 15 is 0 Å². The summed E-state index contributed by atoms with van der Waals surface area (Å²) in [7, 11) is 0. The molecule has 20 heavy (non-hydrogen) atoms. The summed E-state index contributed by atoms with van der Waals surface area (Å²) in [6, 6.07) is 6.01. The van der Waals surface area contributed by atoms with E-state index in [1.54, 1.807) is 6.20 Å². The third kappa shape index (κ3) is 4.20. The Morgan fingerprint density at radius 2 is 2.25 bits per heavy atom. The highest BCUT2D eigenvalue weighted by Gasteiger charge is 2.07. The van der Waals surface area contributed by atoms with Gasteiger partial charge in [0, 0.05) is 34.8 Å². The van der Waals surface area contributed by atoms with Gasteiger partial charge in [0.1, 0.15) is 0 Å². The molecule has 106 valence electrons. The van der Waals surface area contributed by atoms with Crippen LogP contribution in [0.15, 0.2) is 24.4 Å². The lowest BCUT2D eigenvalue weighted by atomic mass is 10.1. The van der Waals surface area contributed by atoms with Crippen molar-refractivity contribution >= 4 is 45.6 Å². The van der Waals surface area contributed by atoms with E-state index in [1.807, 2.05) is 25.1 Å². The summed E-state index contributed by atoms with van der Waals surface area (Å²) in [6.07, 6.45) is 2.82. The molecule has 6 heteroatoms. The van der Waals surface area contributed by atoms with E-state index in [0.717, 1.165) is 27.4 Å². The second-order valence-corrected chi connectivity index (χ2v) is 6.28. The first kappa shape index (κ1) is 15.3. The molecule has 3 nitrogen and oxygen atoms in total. The number of anilines is 1. The summed E-state index contributed by atoms with van der Waals surface area (Å²) in [5, 5.41) is 4.10. The zero-order valence-corrected chi connectivity index (χ0v) is 13.3. The van der Waals surface area contributed by atoms with Crippen molar-refractivity contribution in [3.8, 4) is 0 Å². The van der Waals surface area contributed by atoms with Crippen LogP contribution in [-0.2, 0) is 11.2 Å². The molecule has 0 radical (unpaired) electrons. The number of amides is 1. The number of nitrogens with zero attached hydrogens (tertiary/aromatic N) is 1. The lowest BCUT2D eigenvalue weighted by Crippen LogP contribution is -2.11. The van der Waals surface area contributed by atoms with Crippen LogP contribution in [0.1, 0.15) is 22.4 Å². The molecule has 0 fully saturated rings. The topological polar surface area (TPSA) is 42.0 Å². The number of aryl methyl sites for hydroxylation is 1. The zero-order valence-electron chi connectivity index (χ0n) is 11.0. The molecular weight excluding hydrogens is 315 g/mol. The van der Waals surface area contributed by atoms with Crippen molar-refractivity contribution < 1.29 is 4.79 Å². The largest absolute Gasteiger partial charge is 0.302 e. The molecule has 1 aromatic carbocycles. The van der Waals surface area contributed by atoms with Crippen LogP contribution in [0.5, 0.6) is 0 Å². The summed E-state index contributed by atoms with van der Waals surface area (Å²) in [5.74, 6) is 0.200. The summed E-state index contributed by atoms with van der Waals surface area (Å²) < 4.78 is 0. The Kier molecular flexibility index (Phi) is 5.40. The molecule has 0 saturated carbocycles. The average Bonchev–Trinajstić information content (AvgIpc) is 2.81. The molecule has 0 aliphatic rings. The van der Waals surface area contributed by atoms with Crippen molar-refractivity contribution in [1.29, 1.82) is 0 Å². The van der Waals surface area contributed by atoms with Gasteiger partial charge in [-0.05, 0) is 24.1 Å². The third-order valence-electron chi connectivity index (χ3n) is 2.74. The number of carbonyl (C=O) groups excluding carboxylic acids is 1. The number of halogens is 2. The molecule has 1 amide bonds. The highest BCUT2D eigenvalue weighted by molar-refractivity contribution is 7.15. The first-order valence-corrected chi connectivity index (χ1v) is 7.87. The summed E-state index contributed by atoms with van der Waals surface area (Å²) in [5.41, 5.74) is 2.19. The van der Waals surface area contributed by atoms with Crippen LogP contribution in [0.2, 0.25) is 5.02 Å². The molecule has 1 aromatic heterocycles. The van der Waals surface area contributed by atoms with Gasteiger partial charge in [-0.1, -0.05) is 23.7 Å². The minimum absolute atomic E-state index is 0.112. The van der Waals surface area contributed by atoms with Gasteiger partial charge in [-0.2, -0.15) is 0 Å². The number of nitrogens with one attached hydrogen (secondary N) is 1. The van der Waals surface area contributed by atoms with Crippen molar-refractivity contribution in [3.05, 3.63) is 45.4 Å². The van der Waals surface area contributed by atoms with Gasteiger partial charge in [0.15, 0.2) is 5.13 Å². The van der Waals surface area contributed by atoms with Gasteiger partial charge < -0.3 is 5.32 Å². The molecule has 1 N–H and O–H groups in total. The normalized spacial score (nSPS) is 10.6. The van der Waals surface area contributed by atoms with Crippen molar-refractivity contribution in [2.45, 2.75) is 19.8 Å². The van der Waals surface area contributed by atoms with Crippen LogP contribution in [0.25, 0.3) is 0 Å². The summed E-state index contributed by atoms with van der Waals surface area (Å²) >= 11 is 13.1. The predicted molar refractivity (Wildman–Crippen MR) is 85.1 cm³/mol. The predicted octanol–water partition coefficient (Wildman–Crippen LogP) is 4.26. The first-order valence-electron chi connectivity index (χ1n) is 6.14. The minimum atomic E-state index is -0.112. The fraction of sp³-hybridized carbons (Fsp3) is 0.286. The Hall–Kier alpha value is -1.10. The van der Waals surface area contributed by atoms with Gasteiger partial charge in [-0.15, -0.1) is 22.9 Å². The molecule has 0 atom stereocenters. The summed E-state index contributed by atoms with van der Waals surface area (Å²) in [6.45, 7) is 1.98. The van der Waals surface area contributed by atoms with Crippen LogP contribution >= 0.6 is 34.5 Å². The first-order chi connectivity index (χ1) is 9.58. The quantitative estimate of drug-likeness (QED) is 0.833. The Labute approximate surface area is 131 Å². The maximum absolute atomic E-state index is 11.4. The van der Waals surface area contributed by atoms with Crippen molar-refractivity contribution in [1.82, 2.24) is 4.98 Å². The van der Waals surface area contributed by atoms with Gasteiger partial charge in [-0.3, -0.25) is 4.79 Å². The molecule has 0 bridgehead atoms. The Balaban J connectivity index is 2.02. The van der Waals surface area contributed by atoms with Gasteiger partial charge >= 0.3 is 0 Å². The molecule has 0 aliphatic carbocycles. The number of rotatable bonds is 5. The van der Waals surface area contributed by atoms with Crippen LogP contribution < -0.4 is 5.32 Å². The highest BCUT2D eigenvalue weighted by Crippen LogP contribution is 2.23. The van der Waals surface area contributed by atoms with Gasteiger partial charge in [0.25, 0.3) is 0 Å². The van der Waals surface area contributed by atoms with E-state index in [-0.39, 0.29) is 5.91 Å². The molecular formula is C14H14Cl2N2OS. The number of carbonyl (C=O) groups is 1. The highest BCUT2D eigenvalue weighted by atomic mass is 35.5. The van der Waals surface area contributed by atoms with Crippen LogP contribution in [-0.4, -0.2) is 16.8 Å². The van der Waals surface area contributed by atoms with Crippen molar-refractivity contribution in [2.75, 3.05) is 11.2 Å². The molecule has 0 saturated heterocycles. The Bertz CT molecular complexity index is 613. The SMILES string of the molecule is Cc1ccc(Cc2cnc(NC(=O)CCCl)s2)cc1Cl. The smallest absolute Gasteiger partial charge is 0.227 e. The molecule has 2 rings (SSSR count). The molecule has 0 spiro atoms. The number of alkyl halides is 1. The minimum Gasteiger partial charge on any atom is -0.302 e. The second-order valence-electron chi connectivity index (χ2n) is 4.38. The number of hydrogen-bond donors (Lipinski definition) is 1. The van der Waals surface area contributed by atoms with E-state index in [4.69, 9.17) is 23.2 Å². The zero-order chi connectivity index (χ0) is 14.5. The fourth-order valence-electron chi connectivity index (χ4n) is 1.66. The number of aromatic nitrogens is 1. The van der Waals surface area contributed by atoms with Gasteiger partial charge in [-0.25, -0.2) is 4.98 Å². The standard InChI is InChI=1S/C14H14Cl2N2OS/c1-9-2-3-10(7-12(9)16)6-11-8-17-14(20-11)18-13(19)4-5-15/h2-3,7-8H,4-6H2,1H3,(H,17,18,19). The Morgan fingerprint density at radius 1 is 1.45 bits per heavy atom. The summed E-state index contributed by atoms with van der Waals surface area (Å²) in [4.78, 5) is 16.7.